The predicted octanol–water partition coefficient (Wildman–Crippen LogP) is 3.83. The molecule has 1 aromatic carbocycles. The number of aryl methyl sites for hydroxylation is 2. The molecule has 0 aliphatic rings. The summed E-state index contributed by atoms with van der Waals surface area (Å²) in [7, 11) is 1.66. The molecule has 0 saturated carbocycles. The van der Waals surface area contributed by atoms with E-state index >= 15 is 0 Å². The minimum Gasteiger partial charge on any atom is -0.496 e. The molecule has 2 aromatic rings. The third-order valence-electron chi connectivity index (χ3n) is 3.49. The standard InChI is InChI=1S/C16H18ClNO2/c1-10-7-13(5-6-16(10)20-4)18-11(2)8-14(12(18)3)15(19)9-17/h5-8H,9H2,1-4H3. The Kier molecular flexibility index (Phi) is 4.19. The van der Waals surface area contributed by atoms with Crippen molar-refractivity contribution in [1.82, 2.24) is 4.57 Å². The maximum absolute atomic E-state index is 11.8. The molecule has 0 atom stereocenters. The molecule has 2 rings (SSSR count). The molecule has 0 aliphatic heterocycles. The van der Waals surface area contributed by atoms with Gasteiger partial charge in [0.05, 0.1) is 13.0 Å². The monoisotopic (exact) mass is 291 g/mol. The second-order valence-corrected chi connectivity index (χ2v) is 5.10. The summed E-state index contributed by atoms with van der Waals surface area (Å²) in [5, 5.41) is 0. The van der Waals surface area contributed by atoms with Gasteiger partial charge in [0.15, 0.2) is 5.78 Å². The van der Waals surface area contributed by atoms with Gasteiger partial charge in [-0.1, -0.05) is 0 Å². The van der Waals surface area contributed by atoms with Gasteiger partial charge in [-0.2, -0.15) is 0 Å². The lowest BCUT2D eigenvalue weighted by Crippen LogP contribution is -2.04. The molecule has 1 heterocycles. The van der Waals surface area contributed by atoms with Crippen molar-refractivity contribution in [3.63, 3.8) is 0 Å². The molecular formula is C16H18ClNO2. The van der Waals surface area contributed by atoms with Crippen molar-refractivity contribution in [2.75, 3.05) is 13.0 Å². The van der Waals surface area contributed by atoms with Crippen LogP contribution in [0.4, 0.5) is 0 Å². The minimum absolute atomic E-state index is 0.00589. The summed E-state index contributed by atoms with van der Waals surface area (Å²) in [4.78, 5) is 11.8. The summed E-state index contributed by atoms with van der Waals surface area (Å²) in [6, 6.07) is 7.86. The molecule has 20 heavy (non-hydrogen) atoms. The molecule has 0 aliphatic carbocycles. The van der Waals surface area contributed by atoms with E-state index < -0.39 is 0 Å². The molecule has 106 valence electrons. The largest absolute Gasteiger partial charge is 0.496 e. The van der Waals surface area contributed by atoms with Gasteiger partial charge >= 0.3 is 0 Å². The Morgan fingerprint density at radius 1 is 1.25 bits per heavy atom. The van der Waals surface area contributed by atoms with Crippen molar-refractivity contribution in [3.8, 4) is 11.4 Å². The third kappa shape index (κ3) is 2.46. The van der Waals surface area contributed by atoms with Crippen LogP contribution in [0.1, 0.15) is 27.3 Å². The molecule has 0 radical (unpaired) electrons. The highest BCUT2D eigenvalue weighted by molar-refractivity contribution is 6.30. The number of benzene rings is 1. The average Bonchev–Trinajstić information content (AvgIpc) is 2.73. The summed E-state index contributed by atoms with van der Waals surface area (Å²) in [6.07, 6.45) is 0. The maximum Gasteiger partial charge on any atom is 0.179 e. The quantitative estimate of drug-likeness (QED) is 0.633. The zero-order valence-electron chi connectivity index (χ0n) is 12.2. The van der Waals surface area contributed by atoms with E-state index in [1.165, 1.54) is 0 Å². The van der Waals surface area contributed by atoms with Gasteiger partial charge in [-0.25, -0.2) is 0 Å². The number of ketones is 1. The van der Waals surface area contributed by atoms with Gasteiger partial charge in [-0.15, -0.1) is 11.6 Å². The van der Waals surface area contributed by atoms with Crippen molar-refractivity contribution in [2.45, 2.75) is 20.8 Å². The molecule has 0 N–H and O–H groups in total. The maximum atomic E-state index is 11.8. The van der Waals surface area contributed by atoms with Crippen molar-refractivity contribution in [1.29, 1.82) is 0 Å². The Balaban J connectivity index is 2.56. The number of nitrogens with zero attached hydrogens (tertiary/aromatic N) is 1. The number of rotatable bonds is 4. The Labute approximate surface area is 124 Å². The molecule has 1 aromatic heterocycles. The van der Waals surface area contributed by atoms with Gasteiger partial charge in [0.2, 0.25) is 0 Å². The van der Waals surface area contributed by atoms with Gasteiger partial charge in [0.25, 0.3) is 0 Å². The number of alkyl halides is 1. The topological polar surface area (TPSA) is 31.2 Å². The number of ether oxygens (including phenoxy) is 1. The molecular weight excluding hydrogens is 274 g/mol. The van der Waals surface area contributed by atoms with Crippen LogP contribution in [0.5, 0.6) is 5.75 Å². The first-order valence-corrected chi connectivity index (χ1v) is 6.96. The van der Waals surface area contributed by atoms with Crippen LogP contribution in [-0.2, 0) is 0 Å². The molecule has 0 saturated heterocycles. The zero-order valence-corrected chi connectivity index (χ0v) is 12.9. The van der Waals surface area contributed by atoms with E-state index in [9.17, 15) is 4.79 Å². The smallest absolute Gasteiger partial charge is 0.179 e. The molecule has 0 bridgehead atoms. The summed E-state index contributed by atoms with van der Waals surface area (Å²) in [5.74, 6) is 0.816. The first-order valence-electron chi connectivity index (χ1n) is 6.42. The van der Waals surface area contributed by atoms with E-state index in [2.05, 4.69) is 4.57 Å². The normalized spacial score (nSPS) is 10.7. The molecule has 4 heteroatoms. The van der Waals surface area contributed by atoms with E-state index in [-0.39, 0.29) is 11.7 Å². The molecule has 3 nitrogen and oxygen atoms in total. The lowest BCUT2D eigenvalue weighted by Gasteiger charge is -2.12. The van der Waals surface area contributed by atoms with Crippen LogP contribution in [0.3, 0.4) is 0 Å². The lowest BCUT2D eigenvalue weighted by molar-refractivity contribution is 0.102. The first-order chi connectivity index (χ1) is 9.49. The highest BCUT2D eigenvalue weighted by Gasteiger charge is 2.16. The van der Waals surface area contributed by atoms with E-state index in [1.54, 1.807) is 7.11 Å². The number of Topliss-reactive ketones (excluding diaryl/α,β-unsaturated/α-hetero) is 1. The first kappa shape index (κ1) is 14.7. The number of aromatic nitrogens is 1. The lowest BCUT2D eigenvalue weighted by atomic mass is 10.1. The number of hydrogen-bond donors (Lipinski definition) is 0. The Hall–Kier alpha value is -1.74. The van der Waals surface area contributed by atoms with Crippen LogP contribution >= 0.6 is 11.6 Å². The Bertz CT molecular complexity index is 659. The van der Waals surface area contributed by atoms with Gasteiger partial charge < -0.3 is 9.30 Å². The Morgan fingerprint density at radius 3 is 2.50 bits per heavy atom. The van der Waals surface area contributed by atoms with E-state index in [1.807, 2.05) is 45.0 Å². The van der Waals surface area contributed by atoms with Crippen LogP contribution in [-0.4, -0.2) is 23.3 Å². The number of carbonyl (C=O) groups is 1. The number of methoxy groups -OCH3 is 1. The van der Waals surface area contributed by atoms with Gasteiger partial charge in [0, 0.05) is 22.6 Å². The van der Waals surface area contributed by atoms with Crippen LogP contribution in [0, 0.1) is 20.8 Å². The van der Waals surface area contributed by atoms with Gasteiger partial charge in [-0.05, 0) is 50.6 Å². The van der Waals surface area contributed by atoms with Crippen molar-refractivity contribution >= 4 is 17.4 Å². The minimum atomic E-state index is -0.0451. The van der Waals surface area contributed by atoms with Crippen molar-refractivity contribution in [3.05, 3.63) is 46.8 Å². The van der Waals surface area contributed by atoms with E-state index in [4.69, 9.17) is 16.3 Å². The molecule has 0 spiro atoms. The number of hydrogen-bond acceptors (Lipinski definition) is 2. The van der Waals surface area contributed by atoms with E-state index in [0.717, 1.165) is 28.4 Å². The highest BCUT2D eigenvalue weighted by Crippen LogP contribution is 2.25. The fraction of sp³-hybridized carbons (Fsp3) is 0.312. The van der Waals surface area contributed by atoms with Crippen molar-refractivity contribution in [2.24, 2.45) is 0 Å². The molecule has 0 unspecified atom stereocenters. The summed E-state index contributed by atoms with van der Waals surface area (Å²) in [5.41, 5.74) is 4.69. The Morgan fingerprint density at radius 2 is 1.95 bits per heavy atom. The average molecular weight is 292 g/mol. The third-order valence-corrected chi connectivity index (χ3v) is 3.73. The van der Waals surface area contributed by atoms with Gasteiger partial charge in [-0.3, -0.25) is 4.79 Å². The SMILES string of the molecule is COc1ccc(-n2c(C)cc(C(=O)CCl)c2C)cc1C. The fourth-order valence-electron chi connectivity index (χ4n) is 2.52. The van der Waals surface area contributed by atoms with Crippen LogP contribution in [0.15, 0.2) is 24.3 Å². The number of halogens is 1. The second-order valence-electron chi connectivity index (χ2n) is 4.83. The summed E-state index contributed by atoms with van der Waals surface area (Å²) in [6.45, 7) is 5.92. The van der Waals surface area contributed by atoms with Crippen LogP contribution in [0.2, 0.25) is 0 Å². The number of carbonyl (C=O) groups excluding carboxylic acids is 1. The summed E-state index contributed by atoms with van der Waals surface area (Å²) < 4.78 is 7.34. The van der Waals surface area contributed by atoms with Crippen molar-refractivity contribution < 1.29 is 9.53 Å². The highest BCUT2D eigenvalue weighted by atomic mass is 35.5. The van der Waals surface area contributed by atoms with E-state index in [0.29, 0.717) is 5.56 Å². The van der Waals surface area contributed by atoms with Gasteiger partial charge in [0.1, 0.15) is 5.75 Å². The predicted molar refractivity (Wildman–Crippen MR) is 81.6 cm³/mol. The summed E-state index contributed by atoms with van der Waals surface area (Å²) >= 11 is 5.66. The fourth-order valence-corrected chi connectivity index (χ4v) is 2.66. The molecule has 0 fully saturated rings. The second kappa shape index (κ2) is 5.71. The zero-order chi connectivity index (χ0) is 14.9. The van der Waals surface area contributed by atoms with Crippen LogP contribution < -0.4 is 4.74 Å². The molecule has 0 amide bonds. The van der Waals surface area contributed by atoms with Crippen LogP contribution in [0.25, 0.3) is 5.69 Å².